The molecule has 45 heavy (non-hydrogen) atoms. The van der Waals surface area contributed by atoms with Crippen molar-refractivity contribution < 1.29 is 50.9 Å². The normalized spacial score (nSPS) is 17.4. The van der Waals surface area contributed by atoms with Crippen molar-refractivity contribution in [1.29, 1.82) is 0 Å². The van der Waals surface area contributed by atoms with Gasteiger partial charge in [0.15, 0.2) is 5.69 Å². The maximum Gasteiger partial charge on any atom is 0.433 e. The van der Waals surface area contributed by atoms with Gasteiger partial charge in [0.25, 0.3) is 5.91 Å². The summed E-state index contributed by atoms with van der Waals surface area (Å²) in [4.78, 5) is 26.9. The summed E-state index contributed by atoms with van der Waals surface area (Å²) in [5, 5.41) is 15.2. The van der Waals surface area contributed by atoms with E-state index in [-0.39, 0.29) is 54.9 Å². The Morgan fingerprint density at radius 1 is 1.04 bits per heavy atom. The van der Waals surface area contributed by atoms with Crippen molar-refractivity contribution in [2.24, 2.45) is 5.92 Å². The average Bonchev–Trinajstić information content (AvgIpc) is 3.46. The van der Waals surface area contributed by atoms with Crippen molar-refractivity contribution in [2.45, 2.75) is 57.5 Å². The number of alkyl halides is 3. The van der Waals surface area contributed by atoms with Crippen molar-refractivity contribution >= 4 is 11.9 Å². The Morgan fingerprint density at radius 2 is 1.64 bits per heavy atom. The predicted molar refractivity (Wildman–Crippen MR) is 150 cm³/mol. The topological polar surface area (TPSA) is 103 Å². The lowest BCUT2D eigenvalue weighted by Crippen LogP contribution is -2.36. The van der Waals surface area contributed by atoms with Crippen molar-refractivity contribution in [1.82, 2.24) is 14.7 Å². The van der Waals surface area contributed by atoms with Crippen LogP contribution in [0.5, 0.6) is 11.5 Å². The molecule has 1 unspecified atom stereocenters. The monoisotopic (exact) mass is 639 g/mol. The molecule has 1 fully saturated rings. The molecule has 1 saturated carbocycles. The van der Waals surface area contributed by atoms with Crippen molar-refractivity contribution in [3.8, 4) is 11.5 Å². The summed E-state index contributed by atoms with van der Waals surface area (Å²) in [7, 11) is 2.68. The molecule has 3 aromatic rings. The van der Waals surface area contributed by atoms with Crippen LogP contribution in [0.1, 0.15) is 71.9 Å². The molecule has 1 aliphatic carbocycles. The van der Waals surface area contributed by atoms with Gasteiger partial charge in [-0.25, -0.2) is 8.78 Å². The Morgan fingerprint density at radius 3 is 2.18 bits per heavy atom. The number of aliphatic hydroxyl groups excluding tert-OH is 1. The van der Waals surface area contributed by atoms with E-state index in [0.717, 1.165) is 27.9 Å². The highest BCUT2D eigenvalue weighted by atomic mass is 19.4. The van der Waals surface area contributed by atoms with Crippen LogP contribution in [0.25, 0.3) is 0 Å². The maximum absolute atomic E-state index is 14.6. The minimum atomic E-state index is -5.01. The molecule has 1 N–H and O–H groups in total. The number of rotatable bonds is 11. The number of carbonyl (C=O) groups is 2. The van der Waals surface area contributed by atoms with Gasteiger partial charge in [0.2, 0.25) is 0 Å². The molecule has 1 heterocycles. The van der Waals surface area contributed by atoms with E-state index in [1.54, 1.807) is 13.0 Å². The summed E-state index contributed by atoms with van der Waals surface area (Å²) >= 11 is 0. The minimum Gasteiger partial charge on any atom is -0.496 e. The first-order valence-electron chi connectivity index (χ1n) is 14.3. The number of carbonyl (C=O) groups excluding carboxylic acids is 2. The molecule has 1 atom stereocenters. The number of halogens is 5. The lowest BCUT2D eigenvalue weighted by Gasteiger charge is -2.30. The first-order valence-corrected chi connectivity index (χ1v) is 14.3. The van der Waals surface area contributed by atoms with Crippen molar-refractivity contribution in [3.63, 3.8) is 0 Å². The Hall–Kier alpha value is -4.20. The lowest BCUT2D eigenvalue weighted by atomic mass is 9.86. The number of amides is 1. The first kappa shape index (κ1) is 33.7. The van der Waals surface area contributed by atoms with Gasteiger partial charge < -0.3 is 24.2 Å². The van der Waals surface area contributed by atoms with E-state index in [9.17, 15) is 36.6 Å². The van der Waals surface area contributed by atoms with E-state index in [0.29, 0.717) is 6.07 Å². The summed E-state index contributed by atoms with van der Waals surface area (Å²) in [6, 6.07) is 6.40. The van der Waals surface area contributed by atoms with Gasteiger partial charge in [-0.15, -0.1) is 0 Å². The molecule has 14 heteroatoms. The quantitative estimate of drug-likeness (QED) is 0.207. The van der Waals surface area contributed by atoms with Crippen LogP contribution in [0.15, 0.2) is 42.6 Å². The number of hydrogen-bond acceptors (Lipinski definition) is 7. The molecule has 0 bridgehead atoms. The van der Waals surface area contributed by atoms with Crippen LogP contribution < -0.4 is 9.47 Å². The molecule has 2 aromatic carbocycles. The summed E-state index contributed by atoms with van der Waals surface area (Å²) < 4.78 is 88.4. The van der Waals surface area contributed by atoms with Crippen LogP contribution in [-0.2, 0) is 22.3 Å². The Kier molecular flexibility index (Phi) is 10.7. The number of nitrogens with zero attached hydrogens (tertiary/aromatic N) is 3. The highest BCUT2D eigenvalue weighted by Gasteiger charge is 2.43. The van der Waals surface area contributed by atoms with Crippen LogP contribution in [-0.4, -0.2) is 59.0 Å². The fourth-order valence-electron chi connectivity index (χ4n) is 5.71. The van der Waals surface area contributed by atoms with Gasteiger partial charge in [-0.1, -0.05) is 6.07 Å². The molecule has 1 amide bonds. The molecule has 1 aromatic heterocycles. The van der Waals surface area contributed by atoms with Crippen LogP contribution in [0.4, 0.5) is 22.0 Å². The molecule has 4 rings (SSSR count). The number of benzene rings is 2. The first-order chi connectivity index (χ1) is 21.4. The highest BCUT2D eigenvalue weighted by Crippen LogP contribution is 2.40. The molecular weight excluding hydrogens is 605 g/mol. The molecule has 1 aliphatic rings. The van der Waals surface area contributed by atoms with Gasteiger partial charge in [-0.2, -0.15) is 18.3 Å². The number of methoxy groups -OCH3 is 2. The predicted octanol–water partition coefficient (Wildman–Crippen LogP) is 5.87. The lowest BCUT2D eigenvalue weighted by molar-refractivity contribution is -0.151. The maximum atomic E-state index is 14.6. The summed E-state index contributed by atoms with van der Waals surface area (Å²) in [5.41, 5.74) is -2.04. The van der Waals surface area contributed by atoms with Gasteiger partial charge in [0.1, 0.15) is 29.2 Å². The number of ether oxygens (including phenoxy) is 3. The largest absolute Gasteiger partial charge is 0.496 e. The van der Waals surface area contributed by atoms with Gasteiger partial charge in [-0.05, 0) is 62.4 Å². The van der Waals surface area contributed by atoms with E-state index < -0.39 is 72.1 Å². The number of aromatic nitrogens is 2. The Balaban J connectivity index is 1.71. The van der Waals surface area contributed by atoms with Crippen LogP contribution in [0.2, 0.25) is 0 Å². The highest BCUT2D eigenvalue weighted by molar-refractivity contribution is 5.95. The van der Waals surface area contributed by atoms with E-state index in [4.69, 9.17) is 14.2 Å². The summed E-state index contributed by atoms with van der Waals surface area (Å²) in [5.74, 6) is -3.55. The molecular formula is C31H34F5N3O6. The fraction of sp³-hybridized carbons (Fsp3) is 0.452. The zero-order valence-corrected chi connectivity index (χ0v) is 24.9. The van der Waals surface area contributed by atoms with Crippen LogP contribution in [0, 0.1) is 17.6 Å². The molecule has 244 valence electrons. The SMILES string of the molecule is CCOC(=O)[C@H]1CC[C@H](n2ncc(C(=O)N(Cc3cc(F)cc(F)c3)CC(O)c3c(OC)cccc3OC)c2C(F)(F)F)CC1. The molecule has 0 aliphatic heterocycles. The van der Waals surface area contributed by atoms with Gasteiger partial charge in [0.05, 0.1) is 56.7 Å². The van der Waals surface area contributed by atoms with Crippen molar-refractivity contribution in [3.05, 3.63) is 76.6 Å². The zero-order chi connectivity index (χ0) is 32.9. The summed E-state index contributed by atoms with van der Waals surface area (Å²) in [6.45, 7) is 0.718. The van der Waals surface area contributed by atoms with Crippen molar-refractivity contribution in [2.75, 3.05) is 27.4 Å². The van der Waals surface area contributed by atoms with E-state index in [1.165, 1.54) is 26.4 Å². The average molecular weight is 640 g/mol. The third-order valence-electron chi connectivity index (χ3n) is 7.73. The second-order valence-electron chi connectivity index (χ2n) is 10.7. The second kappa shape index (κ2) is 14.3. The third-order valence-corrected chi connectivity index (χ3v) is 7.73. The standard InChI is InChI=1S/C31H34F5N3O6/c1-4-45-30(42)19-8-10-22(11-9-19)39-28(31(34,35)36)23(15-37-39)29(41)38(16-18-12-20(32)14-21(33)13-18)17-24(40)27-25(43-2)6-5-7-26(27)44-3/h5-7,12-15,19,22,24,40H,4,8-11,16-17H2,1-3H3/t19-,22-,24?. The summed E-state index contributed by atoms with van der Waals surface area (Å²) in [6.07, 6.45) is -4.79. The molecule has 0 spiro atoms. The second-order valence-corrected chi connectivity index (χ2v) is 10.7. The number of hydrogen-bond donors (Lipinski definition) is 1. The molecule has 0 radical (unpaired) electrons. The molecule has 0 saturated heterocycles. The Bertz CT molecular complexity index is 1460. The zero-order valence-electron chi connectivity index (χ0n) is 24.9. The van der Waals surface area contributed by atoms with Gasteiger partial charge in [0, 0.05) is 12.6 Å². The third kappa shape index (κ3) is 7.72. The smallest absolute Gasteiger partial charge is 0.433 e. The van der Waals surface area contributed by atoms with E-state index in [1.807, 2.05) is 0 Å². The minimum absolute atomic E-state index is 0.0571. The van der Waals surface area contributed by atoms with Crippen LogP contribution in [0.3, 0.4) is 0 Å². The number of esters is 1. The number of aliphatic hydroxyl groups is 1. The van der Waals surface area contributed by atoms with Crippen LogP contribution >= 0.6 is 0 Å². The fourth-order valence-corrected chi connectivity index (χ4v) is 5.71. The molecule has 9 nitrogen and oxygen atoms in total. The Labute approximate surface area is 256 Å². The van der Waals surface area contributed by atoms with Gasteiger partial charge >= 0.3 is 12.1 Å². The van der Waals surface area contributed by atoms with E-state index in [2.05, 4.69) is 5.10 Å². The van der Waals surface area contributed by atoms with Gasteiger partial charge in [-0.3, -0.25) is 14.3 Å². The van der Waals surface area contributed by atoms with E-state index >= 15 is 0 Å².